The number of nitrogens with one attached hydrogen (secondary N) is 3. The number of hydrogen-bond donors (Lipinski definition) is 3. The topological polar surface area (TPSA) is 194 Å². The molecule has 1 saturated carbocycles. The molecule has 1 spiro atoms. The summed E-state index contributed by atoms with van der Waals surface area (Å²) >= 11 is 0. The number of likely N-dealkylation sites (tertiary alicyclic amines) is 1. The summed E-state index contributed by atoms with van der Waals surface area (Å²) in [6.45, 7) is 7.06. The molecule has 3 aromatic carbocycles. The van der Waals surface area contributed by atoms with Crippen LogP contribution in [0.15, 0.2) is 77.8 Å². The van der Waals surface area contributed by atoms with E-state index >= 15 is 0 Å². The van der Waals surface area contributed by atoms with Gasteiger partial charge in [0.2, 0.25) is 5.88 Å². The van der Waals surface area contributed by atoms with E-state index in [4.69, 9.17) is 23.9 Å². The van der Waals surface area contributed by atoms with E-state index < -0.39 is 37.5 Å². The third-order valence-electron chi connectivity index (χ3n) is 16.0. The summed E-state index contributed by atoms with van der Waals surface area (Å²) in [6.07, 6.45) is 9.88. The molecule has 0 unspecified atom stereocenters. The quantitative estimate of drug-likeness (QED) is 0.0979. The summed E-state index contributed by atoms with van der Waals surface area (Å²) in [5, 5.41) is 16.6. The van der Waals surface area contributed by atoms with E-state index in [-0.39, 0.29) is 41.6 Å². The summed E-state index contributed by atoms with van der Waals surface area (Å²) in [5.41, 5.74) is 5.54. The number of aromatic amines is 1. The van der Waals surface area contributed by atoms with E-state index in [0.717, 1.165) is 62.5 Å². The lowest BCUT2D eigenvalue weighted by Crippen LogP contribution is -2.55. The van der Waals surface area contributed by atoms with Crippen LogP contribution >= 0.6 is 0 Å². The molecule has 5 fully saturated rings. The second-order valence-corrected chi connectivity index (χ2v) is 21.6. The molecule has 3 N–H and O–H groups in total. The number of anilines is 4. The molecule has 4 atom stereocenters. The summed E-state index contributed by atoms with van der Waals surface area (Å²) in [6, 6.07) is 21.0. The lowest BCUT2D eigenvalue weighted by molar-refractivity contribution is -0.384. The van der Waals surface area contributed by atoms with Crippen molar-refractivity contribution >= 4 is 55.4 Å². The number of nitro groups is 1. The maximum absolute atomic E-state index is 14.7. The minimum Gasteiger partial charge on any atom is -0.489 e. The zero-order valence-electron chi connectivity index (χ0n) is 38.0. The van der Waals surface area contributed by atoms with Gasteiger partial charge in [-0.3, -0.25) is 19.8 Å². The van der Waals surface area contributed by atoms with Gasteiger partial charge in [0, 0.05) is 67.8 Å². The van der Waals surface area contributed by atoms with Crippen molar-refractivity contribution in [3.05, 3.63) is 99.7 Å². The van der Waals surface area contributed by atoms with Crippen molar-refractivity contribution in [2.45, 2.75) is 93.5 Å². The molecule has 6 aliphatic heterocycles. The largest absolute Gasteiger partial charge is 0.489 e. The number of carbonyl (C=O) groups is 1. The van der Waals surface area contributed by atoms with Crippen LogP contribution < -0.4 is 29.3 Å². The van der Waals surface area contributed by atoms with Crippen molar-refractivity contribution < 1.29 is 37.1 Å². The fourth-order valence-corrected chi connectivity index (χ4v) is 13.3. The van der Waals surface area contributed by atoms with Crippen LogP contribution in [0.4, 0.5) is 28.4 Å². The van der Waals surface area contributed by atoms with Gasteiger partial charge in [-0.05, 0) is 118 Å². The number of H-pyrrole nitrogens is 1. The van der Waals surface area contributed by atoms with Gasteiger partial charge in [-0.2, -0.15) is 4.98 Å². The van der Waals surface area contributed by atoms with Gasteiger partial charge in [-0.1, -0.05) is 24.3 Å². The number of ether oxygens (including phenoxy) is 4. The van der Waals surface area contributed by atoms with Crippen LogP contribution in [0.25, 0.3) is 11.0 Å². The number of sulfonamides is 1. The third-order valence-corrected chi connectivity index (χ3v) is 17.3. The first-order chi connectivity index (χ1) is 33.0. The number of nitrogens with zero attached hydrogens (tertiary/aromatic N) is 5. The number of piperidine rings is 1. The van der Waals surface area contributed by atoms with Crippen LogP contribution in [0.2, 0.25) is 0 Å². The predicted molar refractivity (Wildman–Crippen MR) is 255 cm³/mol. The van der Waals surface area contributed by atoms with Crippen LogP contribution in [-0.4, -0.2) is 111 Å². The van der Waals surface area contributed by atoms with E-state index in [9.17, 15) is 23.3 Å². The zero-order valence-corrected chi connectivity index (χ0v) is 38.8. The Morgan fingerprint density at radius 2 is 1.76 bits per heavy atom. The first-order valence-corrected chi connectivity index (χ1v) is 25.6. The molecule has 5 aromatic rings. The highest BCUT2D eigenvalue weighted by molar-refractivity contribution is 7.90. The van der Waals surface area contributed by atoms with Crippen LogP contribution in [0.1, 0.15) is 78.9 Å². The van der Waals surface area contributed by atoms with E-state index in [2.05, 4.69) is 56.0 Å². The van der Waals surface area contributed by atoms with Gasteiger partial charge in [-0.25, -0.2) is 13.1 Å². The van der Waals surface area contributed by atoms with Crippen LogP contribution in [-0.2, 0) is 19.5 Å². The molecule has 1 aliphatic carbocycles. The molecule has 0 radical (unpaired) electrons. The Kier molecular flexibility index (Phi) is 10.8. The minimum atomic E-state index is -4.68. The highest BCUT2D eigenvalue weighted by Crippen LogP contribution is 2.55. The highest BCUT2D eigenvalue weighted by Gasteiger charge is 2.50. The monoisotopic (exact) mass is 944 g/mol. The molecule has 17 nitrogen and oxygen atoms in total. The first kappa shape index (κ1) is 43.3. The standard InChI is InChI=1S/C50H56N8O9S/c1-30-5-2-3-6-36(30)39-7-4-16-56(39)34-25-50(26-34)13-17-55(18-14-50)33-8-9-37(40(22-33)57-42-21-32-10-15-51-47(32)53-49(42)67-45-29-65-28-43(45)57)48(59)54-68(62,63)35-23-41(58(60)61)46-44(24-35)66-27-38(52-46)31-11-19-64-20-12-31/h2-3,5-6,8-10,15,21-24,31,34,38-39,43,45,52H,4,7,11-14,16-20,25-29H2,1H3,(H,51,53)(H,54,59)/t38-,39-,43+,45+/m0/s1. The van der Waals surface area contributed by atoms with Crippen LogP contribution in [0.5, 0.6) is 11.6 Å². The van der Waals surface area contributed by atoms with E-state index in [1.807, 2.05) is 29.2 Å². The molecule has 12 rings (SSSR count). The zero-order chi connectivity index (χ0) is 46.3. The molecule has 4 saturated heterocycles. The number of hydrogen-bond acceptors (Lipinski definition) is 14. The van der Waals surface area contributed by atoms with Crippen molar-refractivity contribution in [3.8, 4) is 11.6 Å². The highest BCUT2D eigenvalue weighted by atomic mass is 32.2. The lowest BCUT2D eigenvalue weighted by atomic mass is 9.59. The Bertz CT molecular complexity index is 2910. The van der Waals surface area contributed by atoms with Crippen molar-refractivity contribution in [1.82, 2.24) is 19.6 Å². The Hall–Kier alpha value is -5.95. The Morgan fingerprint density at radius 1 is 0.941 bits per heavy atom. The van der Waals surface area contributed by atoms with Gasteiger partial charge in [-0.15, -0.1) is 0 Å². The summed E-state index contributed by atoms with van der Waals surface area (Å²) < 4.78 is 54.8. The molecule has 8 heterocycles. The van der Waals surface area contributed by atoms with Gasteiger partial charge >= 0.3 is 0 Å². The Morgan fingerprint density at radius 3 is 2.57 bits per heavy atom. The van der Waals surface area contributed by atoms with Crippen LogP contribution in [0.3, 0.4) is 0 Å². The molecule has 18 heteroatoms. The van der Waals surface area contributed by atoms with Crippen molar-refractivity contribution in [3.63, 3.8) is 0 Å². The number of aromatic nitrogens is 2. The molecule has 0 bridgehead atoms. The number of benzene rings is 3. The molecular formula is C50H56N8O9S. The van der Waals surface area contributed by atoms with Gasteiger partial charge < -0.3 is 39.0 Å². The predicted octanol–water partition coefficient (Wildman–Crippen LogP) is 7.38. The summed E-state index contributed by atoms with van der Waals surface area (Å²) in [4.78, 5) is 41.2. The van der Waals surface area contributed by atoms with Gasteiger partial charge in [0.1, 0.15) is 24.0 Å². The number of nitro benzene ring substituents is 1. The van der Waals surface area contributed by atoms with Gasteiger partial charge in [0.05, 0.1) is 46.4 Å². The van der Waals surface area contributed by atoms with E-state index in [1.54, 1.807) is 12.3 Å². The normalized spacial score (nSPS) is 24.9. The molecule has 7 aliphatic rings. The van der Waals surface area contributed by atoms with Gasteiger partial charge in [0.25, 0.3) is 21.6 Å². The van der Waals surface area contributed by atoms with Crippen LogP contribution in [0, 0.1) is 28.4 Å². The fraction of sp³-hybridized carbons (Fsp3) is 0.480. The smallest absolute Gasteiger partial charge is 0.297 e. The maximum atomic E-state index is 14.7. The van der Waals surface area contributed by atoms with Crippen molar-refractivity contribution in [2.75, 3.05) is 67.8 Å². The Balaban J connectivity index is 0.838. The molecule has 68 heavy (non-hydrogen) atoms. The third kappa shape index (κ3) is 7.59. The number of amides is 1. The Labute approximate surface area is 394 Å². The lowest BCUT2D eigenvalue weighted by Gasteiger charge is -2.56. The second-order valence-electron chi connectivity index (χ2n) is 19.9. The number of rotatable bonds is 9. The number of pyridine rings is 1. The minimum absolute atomic E-state index is 0.0318. The SMILES string of the molecule is Cc1ccccc1[C@@H]1CCCN1C1CC2(CCN(c3ccc(C(=O)NS(=O)(=O)c4cc5c(c([N+](=O)[O-])c4)N[C@H](C4CCOCC4)CO5)c(N4c5cc6cc[nH]c6nc5O[C@@H]5COC[C@H]54)c3)CC2)C1. The summed E-state index contributed by atoms with van der Waals surface area (Å²) in [7, 11) is -4.68. The number of fused-ring (bicyclic) bond motifs is 4. The van der Waals surface area contributed by atoms with Crippen molar-refractivity contribution in [2.24, 2.45) is 11.3 Å². The van der Waals surface area contributed by atoms with E-state index in [1.165, 1.54) is 42.9 Å². The average Bonchev–Trinajstić information content (AvgIpc) is 4.13. The number of aryl methyl sites for hydroxylation is 1. The van der Waals surface area contributed by atoms with Gasteiger partial charge in [0.15, 0.2) is 11.4 Å². The fourth-order valence-electron chi connectivity index (χ4n) is 12.3. The summed E-state index contributed by atoms with van der Waals surface area (Å²) in [5.74, 6) is -0.320. The maximum Gasteiger partial charge on any atom is 0.297 e. The molecule has 356 valence electrons. The second kappa shape index (κ2) is 16.9. The first-order valence-electron chi connectivity index (χ1n) is 24.1. The molecule has 1 amide bonds. The molecule has 2 aromatic heterocycles. The average molecular weight is 945 g/mol. The molecular weight excluding hydrogens is 889 g/mol. The number of carbonyl (C=O) groups excluding carboxylic acids is 1. The van der Waals surface area contributed by atoms with E-state index in [0.29, 0.717) is 66.8 Å². The van der Waals surface area contributed by atoms with Crippen molar-refractivity contribution in [1.29, 1.82) is 0 Å².